The summed E-state index contributed by atoms with van der Waals surface area (Å²) in [6.45, 7) is -0.429. The first-order valence-corrected chi connectivity index (χ1v) is 8.61. The lowest BCUT2D eigenvalue weighted by molar-refractivity contribution is -0.0548. The molecule has 4 atom stereocenters. The lowest BCUT2D eigenvalue weighted by Crippen LogP contribution is -2.33. The van der Waals surface area contributed by atoms with E-state index in [4.69, 9.17) is 10.5 Å². The zero-order chi connectivity index (χ0) is 18.3. The molecule has 0 bridgehead atoms. The number of nitrogen functional groups attached to an aromatic ring is 1. The summed E-state index contributed by atoms with van der Waals surface area (Å²) in [6.07, 6.45) is -1.49. The number of imidazole rings is 1. The van der Waals surface area contributed by atoms with Gasteiger partial charge in [0.25, 0.3) is 0 Å². The fourth-order valence-corrected chi connectivity index (χ4v) is 3.67. The van der Waals surface area contributed by atoms with Gasteiger partial charge in [-0.1, -0.05) is 6.07 Å². The molecule has 1 aliphatic rings. The van der Waals surface area contributed by atoms with Gasteiger partial charge in [-0.05, 0) is 23.9 Å². The Morgan fingerprint density at radius 2 is 2.04 bits per heavy atom. The van der Waals surface area contributed by atoms with E-state index in [0.717, 1.165) is 0 Å². The summed E-state index contributed by atoms with van der Waals surface area (Å²) < 4.78 is 7.18. The molecule has 10 nitrogen and oxygen atoms in total. The second-order valence-electron chi connectivity index (χ2n) is 5.69. The molecule has 0 unspecified atom stereocenters. The molecular weight excluding hydrogens is 360 g/mol. The molecule has 4 heterocycles. The number of nitrogens with two attached hydrogens (primary N) is 1. The van der Waals surface area contributed by atoms with Gasteiger partial charge in [0.15, 0.2) is 28.4 Å². The third-order valence-electron chi connectivity index (χ3n) is 4.08. The molecule has 0 radical (unpaired) electrons. The van der Waals surface area contributed by atoms with Gasteiger partial charge in [-0.3, -0.25) is 4.57 Å². The zero-order valence-electron chi connectivity index (χ0n) is 13.4. The molecule has 0 amide bonds. The topological polar surface area (TPSA) is 152 Å². The van der Waals surface area contributed by atoms with Crippen molar-refractivity contribution in [1.29, 1.82) is 0 Å². The standard InChI is InChI=1S/C15H16N6O4S/c16-12-9-13(19-6-18-12)21(14-11(24)10(23)7(5-22)25-14)15(20-9)26-8-3-1-2-4-17-8/h1-4,6-7,10-11,14,22-24H,5H2,(H2,16,18,19)/t7-,10-,11-,14-/m1/s1. The molecule has 11 heteroatoms. The molecule has 26 heavy (non-hydrogen) atoms. The van der Waals surface area contributed by atoms with Crippen LogP contribution < -0.4 is 5.73 Å². The van der Waals surface area contributed by atoms with Crippen molar-refractivity contribution in [2.75, 3.05) is 12.3 Å². The van der Waals surface area contributed by atoms with Crippen LogP contribution >= 0.6 is 11.8 Å². The number of aliphatic hydroxyl groups excluding tert-OH is 3. The number of aliphatic hydroxyl groups is 3. The van der Waals surface area contributed by atoms with E-state index in [-0.39, 0.29) is 5.82 Å². The van der Waals surface area contributed by atoms with Gasteiger partial charge in [0.05, 0.1) is 6.61 Å². The zero-order valence-corrected chi connectivity index (χ0v) is 14.2. The first-order valence-electron chi connectivity index (χ1n) is 7.80. The van der Waals surface area contributed by atoms with Crippen molar-refractivity contribution in [3.8, 4) is 0 Å². The molecule has 1 aliphatic heterocycles. The molecule has 0 saturated carbocycles. The summed E-state index contributed by atoms with van der Waals surface area (Å²) in [4.78, 5) is 16.8. The summed E-state index contributed by atoms with van der Waals surface area (Å²) in [6, 6.07) is 5.44. The predicted octanol–water partition coefficient (Wildman–Crippen LogP) is -0.434. The fourth-order valence-electron chi connectivity index (χ4n) is 2.80. The number of rotatable bonds is 4. The Kier molecular flexibility index (Phi) is 4.46. The Labute approximate surface area is 151 Å². The first kappa shape index (κ1) is 17.1. The van der Waals surface area contributed by atoms with Crippen LogP contribution in [0.4, 0.5) is 5.82 Å². The predicted molar refractivity (Wildman–Crippen MR) is 91.1 cm³/mol. The van der Waals surface area contributed by atoms with Gasteiger partial charge < -0.3 is 25.8 Å². The van der Waals surface area contributed by atoms with Crippen molar-refractivity contribution in [2.24, 2.45) is 0 Å². The van der Waals surface area contributed by atoms with E-state index in [9.17, 15) is 15.3 Å². The van der Waals surface area contributed by atoms with Crippen molar-refractivity contribution in [3.63, 3.8) is 0 Å². The highest BCUT2D eigenvalue weighted by molar-refractivity contribution is 7.99. The van der Waals surface area contributed by atoms with E-state index in [1.807, 2.05) is 6.07 Å². The quantitative estimate of drug-likeness (QED) is 0.471. The Morgan fingerprint density at radius 3 is 2.73 bits per heavy atom. The maximum atomic E-state index is 10.4. The number of hydrogen-bond donors (Lipinski definition) is 4. The Morgan fingerprint density at radius 1 is 1.19 bits per heavy atom. The SMILES string of the molecule is Nc1ncnc2c1nc(Sc1ccccn1)n2[C@@H]1O[C@H](CO)[C@@H](O)[C@H]1O. The maximum Gasteiger partial charge on any atom is 0.179 e. The van der Waals surface area contributed by atoms with Gasteiger partial charge >= 0.3 is 0 Å². The summed E-state index contributed by atoms with van der Waals surface area (Å²) in [5.74, 6) is 0.184. The highest BCUT2D eigenvalue weighted by Crippen LogP contribution is 2.37. The number of ether oxygens (including phenoxy) is 1. The number of pyridine rings is 1. The van der Waals surface area contributed by atoms with Gasteiger partial charge in [0.2, 0.25) is 0 Å². The number of nitrogens with zero attached hydrogens (tertiary/aromatic N) is 5. The number of hydrogen-bond acceptors (Lipinski definition) is 10. The van der Waals surface area contributed by atoms with Crippen LogP contribution in [-0.2, 0) is 4.74 Å². The van der Waals surface area contributed by atoms with Crippen molar-refractivity contribution in [3.05, 3.63) is 30.7 Å². The van der Waals surface area contributed by atoms with Gasteiger partial charge in [-0.2, -0.15) is 0 Å². The van der Waals surface area contributed by atoms with E-state index in [1.165, 1.54) is 22.7 Å². The van der Waals surface area contributed by atoms with Crippen LogP contribution in [0.2, 0.25) is 0 Å². The molecule has 0 aromatic carbocycles. The summed E-state index contributed by atoms with van der Waals surface area (Å²) in [5, 5.41) is 30.9. The molecule has 3 aromatic heterocycles. The Balaban J connectivity index is 1.84. The molecule has 1 saturated heterocycles. The van der Waals surface area contributed by atoms with E-state index >= 15 is 0 Å². The number of fused-ring (bicyclic) bond motifs is 1. The van der Waals surface area contributed by atoms with Crippen molar-refractivity contribution in [2.45, 2.75) is 34.7 Å². The lowest BCUT2D eigenvalue weighted by Gasteiger charge is -2.18. The Hall–Kier alpha value is -2.31. The number of aromatic nitrogens is 5. The van der Waals surface area contributed by atoms with E-state index in [0.29, 0.717) is 21.3 Å². The van der Waals surface area contributed by atoms with Crippen LogP contribution in [0, 0.1) is 0 Å². The summed E-state index contributed by atoms with van der Waals surface area (Å²) >= 11 is 1.23. The molecule has 136 valence electrons. The van der Waals surface area contributed by atoms with Crippen LogP contribution in [0.25, 0.3) is 11.2 Å². The monoisotopic (exact) mass is 376 g/mol. The maximum absolute atomic E-state index is 10.4. The minimum atomic E-state index is -1.27. The highest BCUT2D eigenvalue weighted by Gasteiger charge is 2.45. The van der Waals surface area contributed by atoms with Gasteiger partial charge in [-0.15, -0.1) is 0 Å². The van der Waals surface area contributed by atoms with Crippen molar-refractivity contribution >= 4 is 28.7 Å². The first-order chi connectivity index (χ1) is 12.6. The van der Waals surface area contributed by atoms with Crippen LogP contribution in [0.3, 0.4) is 0 Å². The third kappa shape index (κ3) is 2.79. The van der Waals surface area contributed by atoms with E-state index < -0.39 is 31.1 Å². The molecule has 3 aromatic rings. The molecule has 0 aliphatic carbocycles. The smallest absolute Gasteiger partial charge is 0.179 e. The molecular formula is C15H16N6O4S. The minimum absolute atomic E-state index is 0.184. The second kappa shape index (κ2) is 6.78. The lowest BCUT2D eigenvalue weighted by atomic mass is 10.1. The van der Waals surface area contributed by atoms with Crippen molar-refractivity contribution in [1.82, 2.24) is 24.5 Å². The van der Waals surface area contributed by atoms with Gasteiger partial charge in [-0.25, -0.2) is 19.9 Å². The fraction of sp³-hybridized carbons (Fsp3) is 0.333. The van der Waals surface area contributed by atoms with Gasteiger partial charge in [0.1, 0.15) is 29.7 Å². The molecule has 4 rings (SSSR count). The minimum Gasteiger partial charge on any atom is -0.394 e. The normalized spacial score (nSPS) is 25.8. The van der Waals surface area contributed by atoms with Crippen LogP contribution in [0.1, 0.15) is 6.23 Å². The summed E-state index contributed by atoms with van der Waals surface area (Å²) in [7, 11) is 0. The average molecular weight is 376 g/mol. The van der Waals surface area contributed by atoms with Crippen LogP contribution in [-0.4, -0.2) is 64.7 Å². The molecule has 0 spiro atoms. The number of anilines is 1. The van der Waals surface area contributed by atoms with Crippen LogP contribution in [0.5, 0.6) is 0 Å². The highest BCUT2D eigenvalue weighted by atomic mass is 32.2. The molecule has 5 N–H and O–H groups in total. The Bertz CT molecular complexity index is 923. The van der Waals surface area contributed by atoms with E-state index in [1.54, 1.807) is 18.3 Å². The van der Waals surface area contributed by atoms with E-state index in [2.05, 4.69) is 19.9 Å². The van der Waals surface area contributed by atoms with Crippen LogP contribution in [0.15, 0.2) is 40.9 Å². The third-order valence-corrected chi connectivity index (χ3v) is 5.00. The van der Waals surface area contributed by atoms with Crippen molar-refractivity contribution < 1.29 is 20.1 Å². The average Bonchev–Trinajstić information content (AvgIpc) is 3.15. The summed E-state index contributed by atoms with van der Waals surface area (Å²) in [5.41, 5.74) is 6.60. The molecule has 1 fully saturated rings. The second-order valence-corrected chi connectivity index (χ2v) is 6.68. The largest absolute Gasteiger partial charge is 0.394 e. The van der Waals surface area contributed by atoms with Gasteiger partial charge in [0, 0.05) is 6.20 Å².